The van der Waals surface area contributed by atoms with Gasteiger partial charge in [0.1, 0.15) is 0 Å². The molecule has 0 saturated heterocycles. The van der Waals surface area contributed by atoms with Gasteiger partial charge in [0, 0.05) is 22.9 Å². The van der Waals surface area contributed by atoms with E-state index in [9.17, 15) is 13.2 Å². The highest BCUT2D eigenvalue weighted by atomic mass is 79.9. The Morgan fingerprint density at radius 2 is 2.00 bits per heavy atom. The molecule has 2 atom stereocenters. The minimum Gasteiger partial charge on any atom is -0.370 e. The molecule has 0 spiro atoms. The first kappa shape index (κ1) is 17.1. The van der Waals surface area contributed by atoms with Gasteiger partial charge in [0.05, 0.1) is 4.90 Å². The van der Waals surface area contributed by atoms with Gasteiger partial charge in [0.2, 0.25) is 5.91 Å². The lowest BCUT2D eigenvalue weighted by atomic mass is 9.85. The SMILES string of the molecule is Cc1ccc(S(=O)(=O)/N=C2/CCC(Br)CC2CC(N)=O)cc1. The van der Waals surface area contributed by atoms with Gasteiger partial charge < -0.3 is 5.73 Å². The van der Waals surface area contributed by atoms with Gasteiger partial charge in [-0.05, 0) is 38.3 Å². The predicted molar refractivity (Wildman–Crippen MR) is 89.7 cm³/mol. The van der Waals surface area contributed by atoms with E-state index in [1.807, 2.05) is 6.92 Å². The number of rotatable bonds is 4. The Morgan fingerprint density at radius 1 is 1.36 bits per heavy atom. The fourth-order valence-electron chi connectivity index (χ4n) is 2.55. The minimum atomic E-state index is -3.74. The van der Waals surface area contributed by atoms with Crippen LogP contribution in [-0.2, 0) is 14.8 Å². The van der Waals surface area contributed by atoms with Crippen molar-refractivity contribution in [2.45, 2.75) is 42.3 Å². The first-order valence-electron chi connectivity index (χ1n) is 7.10. The van der Waals surface area contributed by atoms with Crippen LogP contribution < -0.4 is 5.73 Å². The number of nitrogens with two attached hydrogens (primary N) is 1. The van der Waals surface area contributed by atoms with Gasteiger partial charge in [-0.15, -0.1) is 0 Å². The van der Waals surface area contributed by atoms with Crippen LogP contribution in [0.15, 0.2) is 33.6 Å². The zero-order valence-electron chi connectivity index (χ0n) is 12.3. The number of amides is 1. The van der Waals surface area contributed by atoms with Crippen molar-refractivity contribution in [2.75, 3.05) is 0 Å². The maximum Gasteiger partial charge on any atom is 0.282 e. The normalized spacial score (nSPS) is 24.4. The first-order chi connectivity index (χ1) is 10.3. The number of alkyl halides is 1. The van der Waals surface area contributed by atoms with E-state index in [-0.39, 0.29) is 22.1 Å². The van der Waals surface area contributed by atoms with E-state index in [2.05, 4.69) is 20.3 Å². The molecule has 7 heteroatoms. The molecule has 1 aromatic carbocycles. The predicted octanol–water partition coefficient (Wildman–Crippen LogP) is 2.56. The Labute approximate surface area is 139 Å². The molecule has 1 aliphatic carbocycles. The second kappa shape index (κ2) is 6.91. The molecule has 0 aromatic heterocycles. The van der Waals surface area contributed by atoms with E-state index in [0.29, 0.717) is 18.6 Å². The number of carbonyl (C=O) groups excluding carboxylic acids is 1. The van der Waals surface area contributed by atoms with Crippen molar-refractivity contribution in [3.8, 4) is 0 Å². The largest absolute Gasteiger partial charge is 0.370 e. The Balaban J connectivity index is 2.31. The van der Waals surface area contributed by atoms with Crippen molar-refractivity contribution in [2.24, 2.45) is 16.0 Å². The van der Waals surface area contributed by atoms with Gasteiger partial charge in [-0.1, -0.05) is 33.6 Å². The van der Waals surface area contributed by atoms with Gasteiger partial charge in [0.15, 0.2) is 0 Å². The lowest BCUT2D eigenvalue weighted by Gasteiger charge is -2.26. The van der Waals surface area contributed by atoms with Crippen molar-refractivity contribution in [1.82, 2.24) is 0 Å². The van der Waals surface area contributed by atoms with Gasteiger partial charge in [-0.25, -0.2) is 0 Å². The fraction of sp³-hybridized carbons (Fsp3) is 0.467. The molecular weight excluding hydrogens is 368 g/mol. The number of sulfonamides is 1. The van der Waals surface area contributed by atoms with Crippen molar-refractivity contribution < 1.29 is 13.2 Å². The molecule has 2 N–H and O–H groups in total. The smallest absolute Gasteiger partial charge is 0.282 e. The van der Waals surface area contributed by atoms with Crippen LogP contribution in [0.1, 0.15) is 31.2 Å². The number of carbonyl (C=O) groups is 1. The summed E-state index contributed by atoms with van der Waals surface area (Å²) in [6.45, 7) is 1.89. The summed E-state index contributed by atoms with van der Waals surface area (Å²) in [6.07, 6.45) is 2.16. The molecule has 1 fully saturated rings. The molecule has 120 valence electrons. The van der Waals surface area contributed by atoms with E-state index in [0.717, 1.165) is 12.0 Å². The van der Waals surface area contributed by atoms with Crippen LogP contribution in [0.25, 0.3) is 0 Å². The van der Waals surface area contributed by atoms with Gasteiger partial charge in [-0.2, -0.15) is 12.8 Å². The van der Waals surface area contributed by atoms with E-state index in [1.54, 1.807) is 24.3 Å². The Morgan fingerprint density at radius 3 is 2.59 bits per heavy atom. The highest BCUT2D eigenvalue weighted by Crippen LogP contribution is 2.30. The van der Waals surface area contributed by atoms with Crippen LogP contribution >= 0.6 is 15.9 Å². The summed E-state index contributed by atoms with van der Waals surface area (Å²) in [7, 11) is -3.74. The third-order valence-corrected chi connectivity index (χ3v) is 5.90. The maximum absolute atomic E-state index is 12.4. The average molecular weight is 387 g/mol. The Hall–Kier alpha value is -1.21. The average Bonchev–Trinajstić information content (AvgIpc) is 2.41. The van der Waals surface area contributed by atoms with Crippen molar-refractivity contribution in [1.29, 1.82) is 0 Å². The number of aryl methyl sites for hydroxylation is 1. The molecule has 0 heterocycles. The summed E-state index contributed by atoms with van der Waals surface area (Å²) in [6, 6.07) is 6.58. The molecule has 2 rings (SSSR count). The molecular formula is C15H19BrN2O3S. The van der Waals surface area contributed by atoms with Gasteiger partial charge in [0.25, 0.3) is 10.0 Å². The van der Waals surface area contributed by atoms with Crippen LogP contribution in [0, 0.1) is 12.8 Å². The lowest BCUT2D eigenvalue weighted by Crippen LogP contribution is -2.30. The zero-order chi connectivity index (χ0) is 16.3. The summed E-state index contributed by atoms with van der Waals surface area (Å²) in [5.41, 5.74) is 6.80. The van der Waals surface area contributed by atoms with Crippen LogP contribution in [0.5, 0.6) is 0 Å². The summed E-state index contributed by atoms with van der Waals surface area (Å²) in [5.74, 6) is -0.650. The van der Waals surface area contributed by atoms with E-state index in [4.69, 9.17) is 5.73 Å². The molecule has 5 nitrogen and oxygen atoms in total. The molecule has 1 aromatic rings. The molecule has 22 heavy (non-hydrogen) atoms. The number of hydrogen-bond acceptors (Lipinski definition) is 3. The summed E-state index contributed by atoms with van der Waals surface area (Å²) in [4.78, 5) is 11.6. The maximum atomic E-state index is 12.4. The van der Waals surface area contributed by atoms with Gasteiger partial charge in [-0.3, -0.25) is 4.79 Å². The highest BCUT2D eigenvalue weighted by Gasteiger charge is 2.29. The molecule has 2 unspecified atom stereocenters. The monoisotopic (exact) mass is 386 g/mol. The summed E-state index contributed by atoms with van der Waals surface area (Å²) in [5, 5.41) is 0. The zero-order valence-corrected chi connectivity index (χ0v) is 14.7. The number of nitrogens with zero attached hydrogens (tertiary/aromatic N) is 1. The second-order valence-corrected chi connectivity index (χ2v) is 8.51. The second-order valence-electron chi connectivity index (χ2n) is 5.61. The molecule has 0 aliphatic heterocycles. The van der Waals surface area contributed by atoms with Crippen LogP contribution in [-0.4, -0.2) is 24.9 Å². The van der Waals surface area contributed by atoms with Crippen LogP contribution in [0.4, 0.5) is 0 Å². The third-order valence-electron chi connectivity index (χ3n) is 3.73. The molecule has 0 bridgehead atoms. The van der Waals surface area contributed by atoms with E-state index < -0.39 is 15.9 Å². The topological polar surface area (TPSA) is 89.6 Å². The number of primary amides is 1. The Bertz CT molecular complexity index is 683. The molecule has 1 saturated carbocycles. The summed E-state index contributed by atoms with van der Waals surface area (Å²) < 4.78 is 28.8. The fourth-order valence-corrected chi connectivity index (χ4v) is 4.37. The van der Waals surface area contributed by atoms with Crippen LogP contribution in [0.3, 0.4) is 0 Å². The van der Waals surface area contributed by atoms with Crippen molar-refractivity contribution in [3.63, 3.8) is 0 Å². The lowest BCUT2D eigenvalue weighted by molar-refractivity contribution is -0.118. The van der Waals surface area contributed by atoms with Crippen molar-refractivity contribution in [3.05, 3.63) is 29.8 Å². The highest BCUT2D eigenvalue weighted by molar-refractivity contribution is 9.09. The number of halogens is 1. The first-order valence-corrected chi connectivity index (χ1v) is 9.46. The quantitative estimate of drug-likeness (QED) is 0.806. The van der Waals surface area contributed by atoms with Crippen molar-refractivity contribution >= 4 is 37.6 Å². The molecule has 0 radical (unpaired) electrons. The third kappa shape index (κ3) is 4.39. The molecule has 1 amide bonds. The van der Waals surface area contributed by atoms with E-state index in [1.165, 1.54) is 0 Å². The number of benzene rings is 1. The Kier molecular flexibility index (Phi) is 5.39. The minimum absolute atomic E-state index is 0.129. The van der Waals surface area contributed by atoms with E-state index >= 15 is 0 Å². The molecule has 1 aliphatic rings. The summed E-state index contributed by atoms with van der Waals surface area (Å²) >= 11 is 3.52. The number of hydrogen-bond donors (Lipinski definition) is 1. The van der Waals surface area contributed by atoms with Gasteiger partial charge >= 0.3 is 0 Å². The standard InChI is InChI=1S/C15H19BrN2O3S/c1-10-2-5-13(6-3-10)22(20,21)18-14-7-4-12(16)8-11(14)9-15(17)19/h2-3,5-6,11-12H,4,7-9H2,1H3,(H2,17,19)/b18-14-. The van der Waals surface area contributed by atoms with Crippen LogP contribution in [0.2, 0.25) is 0 Å².